The van der Waals surface area contributed by atoms with E-state index in [-0.39, 0.29) is 50.7 Å². The molecule has 4 rings (SSSR count). The van der Waals surface area contributed by atoms with Gasteiger partial charge in [-0.25, -0.2) is 22.5 Å². The Labute approximate surface area is 263 Å². The van der Waals surface area contributed by atoms with Crippen LogP contribution in [0.25, 0.3) is 0 Å². The summed E-state index contributed by atoms with van der Waals surface area (Å²) in [5.41, 5.74) is 3.22. The molecule has 2 heterocycles. The molecule has 0 nitrogen and oxygen atoms in total. The Hall–Kier alpha value is 0.584. The number of halogens is 2. The monoisotopic (exact) mass is 744 g/mol. The van der Waals surface area contributed by atoms with E-state index >= 15 is 0 Å². The Morgan fingerprint density at radius 1 is 0.595 bits per heavy atom. The van der Waals surface area contributed by atoms with Crippen LogP contribution in [0.5, 0.6) is 0 Å². The zero-order valence-electron chi connectivity index (χ0n) is 24.4. The van der Waals surface area contributed by atoms with Crippen molar-refractivity contribution >= 4 is 26.5 Å². The predicted octanol–water partition coefficient (Wildman–Crippen LogP) is 3.22. The van der Waals surface area contributed by atoms with E-state index in [2.05, 4.69) is 64.1 Å². The first-order chi connectivity index (χ1) is 16.6. The van der Waals surface area contributed by atoms with Gasteiger partial charge in [0.25, 0.3) is 0 Å². The third kappa shape index (κ3) is 10.5. The third-order valence-electron chi connectivity index (χ3n) is 9.14. The topological polar surface area (TPSA) is 0 Å². The Morgan fingerprint density at radius 3 is 1.22 bits per heavy atom. The summed E-state index contributed by atoms with van der Waals surface area (Å²) < 4.78 is 0. The molecule has 37 heavy (non-hydrogen) atoms. The molecule has 0 radical (unpaired) electrons. The molecule has 2 aromatic carbocycles. The first-order valence-electron chi connectivity index (χ1n) is 15.1. The standard InChI is InChI=1S/2C16H27Si.2ClH.Hf/c2*1-3-5-8-15-9-10-16(14-15)17(11-6-4-2)12-7-13-17;;;/h2*9-10,14H,3-8,11-13H2,1-2H3;2*1H;/q2*-1;;;+4/p-2. The number of aryl methyl sites for hydroxylation is 2. The SMILES string of the molecule is CCCC[c-]1ccc([Si]2(CCCC)CCC2)c1.CCCC[c-]1ccc([Si]2(CCCC)CCC2)c1.[Cl-].[Cl-].[Hf+4]. The number of hydrogen-bond donors (Lipinski definition) is 0. The van der Waals surface area contributed by atoms with Gasteiger partial charge in [-0.1, -0.05) is 141 Å². The van der Waals surface area contributed by atoms with E-state index in [9.17, 15) is 0 Å². The van der Waals surface area contributed by atoms with Crippen LogP contribution in [0, 0.1) is 0 Å². The second kappa shape index (κ2) is 19.6. The van der Waals surface area contributed by atoms with Crippen LogP contribution in [0.3, 0.4) is 0 Å². The van der Waals surface area contributed by atoms with Crippen LogP contribution in [-0.2, 0) is 38.7 Å². The maximum absolute atomic E-state index is 2.57. The molecule has 2 fully saturated rings. The number of unbranched alkanes of at least 4 members (excludes halogenated alkanes) is 4. The maximum Gasteiger partial charge on any atom is 4.00 e. The van der Waals surface area contributed by atoms with Crippen molar-refractivity contribution in [1.29, 1.82) is 0 Å². The van der Waals surface area contributed by atoms with E-state index in [4.69, 9.17) is 0 Å². The van der Waals surface area contributed by atoms with Crippen LogP contribution < -0.4 is 35.2 Å². The van der Waals surface area contributed by atoms with Gasteiger partial charge in [0.05, 0.1) is 0 Å². The van der Waals surface area contributed by atoms with Crippen molar-refractivity contribution in [3.63, 3.8) is 0 Å². The second-order valence-electron chi connectivity index (χ2n) is 11.7. The van der Waals surface area contributed by atoms with Crippen LogP contribution in [-0.4, -0.2) is 16.1 Å². The van der Waals surface area contributed by atoms with Crippen molar-refractivity contribution in [1.82, 2.24) is 0 Å². The maximum atomic E-state index is 2.57. The molecule has 0 N–H and O–H groups in total. The van der Waals surface area contributed by atoms with E-state index < -0.39 is 16.1 Å². The number of rotatable bonds is 14. The first-order valence-corrected chi connectivity index (χ1v) is 20.4. The van der Waals surface area contributed by atoms with Crippen molar-refractivity contribution in [3.05, 3.63) is 47.5 Å². The summed E-state index contributed by atoms with van der Waals surface area (Å²) in [6.07, 6.45) is 16.6. The quantitative estimate of drug-likeness (QED) is 0.206. The van der Waals surface area contributed by atoms with Gasteiger partial charge in [0.1, 0.15) is 0 Å². The Morgan fingerprint density at radius 2 is 0.946 bits per heavy atom. The van der Waals surface area contributed by atoms with Crippen molar-refractivity contribution < 1.29 is 50.7 Å². The minimum absolute atomic E-state index is 0. The fraction of sp³-hybridized carbons (Fsp3) is 0.688. The van der Waals surface area contributed by atoms with Gasteiger partial charge in [-0.05, 0) is 0 Å². The molecule has 2 aromatic rings. The first kappa shape index (κ1) is 37.6. The Kier molecular flexibility index (Phi) is 19.9. The normalized spacial score (nSPS) is 16.5. The van der Waals surface area contributed by atoms with Gasteiger partial charge >= 0.3 is 25.8 Å². The summed E-state index contributed by atoms with van der Waals surface area (Å²) in [5, 5.41) is 3.59. The van der Waals surface area contributed by atoms with E-state index in [0.717, 1.165) is 0 Å². The zero-order chi connectivity index (χ0) is 24.3. The Balaban J connectivity index is 0.000000648. The van der Waals surface area contributed by atoms with Gasteiger partial charge in [0, 0.05) is 16.1 Å². The zero-order valence-corrected chi connectivity index (χ0v) is 31.6. The van der Waals surface area contributed by atoms with Crippen molar-refractivity contribution in [2.75, 3.05) is 0 Å². The third-order valence-corrected chi connectivity index (χ3v) is 20.1. The van der Waals surface area contributed by atoms with E-state index in [0.29, 0.717) is 0 Å². The molecule has 208 valence electrons. The molecule has 0 bridgehead atoms. The summed E-state index contributed by atoms with van der Waals surface area (Å²) >= 11 is 0. The molecule has 5 heteroatoms. The van der Waals surface area contributed by atoms with Crippen molar-refractivity contribution in [2.45, 2.75) is 141 Å². The van der Waals surface area contributed by atoms with Gasteiger partial charge in [0.2, 0.25) is 0 Å². The van der Waals surface area contributed by atoms with Crippen LogP contribution >= 0.6 is 0 Å². The fourth-order valence-corrected chi connectivity index (χ4v) is 15.4. The van der Waals surface area contributed by atoms with Crippen LogP contribution in [0.1, 0.15) is 103 Å². The van der Waals surface area contributed by atoms with Gasteiger partial charge in [-0.2, -0.15) is 35.4 Å². The average molecular weight is 744 g/mol. The predicted molar refractivity (Wildman–Crippen MR) is 160 cm³/mol. The van der Waals surface area contributed by atoms with Gasteiger partial charge in [0.15, 0.2) is 0 Å². The number of hydrogen-bond acceptors (Lipinski definition) is 0. The molecule has 0 spiro atoms. The van der Waals surface area contributed by atoms with Gasteiger partial charge < -0.3 is 24.8 Å². The summed E-state index contributed by atoms with van der Waals surface area (Å²) in [4.78, 5) is 0. The molecule has 2 aliphatic heterocycles. The smallest absolute Gasteiger partial charge is 1.00 e. The molecule has 0 atom stereocenters. The van der Waals surface area contributed by atoms with E-state index in [1.165, 1.54) is 77.0 Å². The molecule has 0 aliphatic carbocycles. The van der Waals surface area contributed by atoms with E-state index in [1.54, 1.807) is 57.8 Å². The molecular weight excluding hydrogens is 690 g/mol. The van der Waals surface area contributed by atoms with Crippen LogP contribution in [0.4, 0.5) is 0 Å². The minimum atomic E-state index is -0.958. The summed E-state index contributed by atoms with van der Waals surface area (Å²) in [5.74, 6) is 0. The fourth-order valence-electron chi connectivity index (χ4n) is 6.32. The largest absolute Gasteiger partial charge is 4.00 e. The second-order valence-corrected chi connectivity index (χ2v) is 21.0. The molecule has 0 aromatic heterocycles. The summed E-state index contributed by atoms with van der Waals surface area (Å²) in [6.45, 7) is 9.23. The van der Waals surface area contributed by atoms with Gasteiger partial charge in [-0.3, -0.25) is 0 Å². The Bertz CT molecular complexity index is 752. The molecule has 0 saturated carbocycles. The van der Waals surface area contributed by atoms with E-state index in [1.807, 2.05) is 0 Å². The van der Waals surface area contributed by atoms with Crippen molar-refractivity contribution in [3.8, 4) is 0 Å². The summed E-state index contributed by atoms with van der Waals surface area (Å²) in [7, 11) is -1.92. The molecule has 0 unspecified atom stereocenters. The summed E-state index contributed by atoms with van der Waals surface area (Å²) in [6, 6.07) is 24.3. The van der Waals surface area contributed by atoms with Crippen molar-refractivity contribution in [2.24, 2.45) is 0 Å². The van der Waals surface area contributed by atoms with Gasteiger partial charge in [-0.15, -0.1) is 0 Å². The minimum Gasteiger partial charge on any atom is -1.00 e. The molecule has 2 aliphatic rings. The molecule has 2 saturated heterocycles. The molecular formula is C32H54Cl2HfSi2. The average Bonchev–Trinajstić information content (AvgIpc) is 3.46. The van der Waals surface area contributed by atoms with Crippen LogP contribution in [0.2, 0.25) is 36.3 Å². The molecule has 0 amide bonds. The van der Waals surface area contributed by atoms with Crippen LogP contribution in [0.15, 0.2) is 36.4 Å².